The Morgan fingerprint density at radius 3 is 2.47 bits per heavy atom. The highest BCUT2D eigenvalue weighted by molar-refractivity contribution is 7.14. The molecule has 0 amide bonds. The van der Waals surface area contributed by atoms with E-state index in [1.807, 2.05) is 12.1 Å². The van der Waals surface area contributed by atoms with Gasteiger partial charge in [0.15, 0.2) is 12.1 Å². The van der Waals surface area contributed by atoms with Crippen molar-refractivity contribution in [3.8, 4) is 10.4 Å². The Kier molecular flexibility index (Phi) is 2.06. The van der Waals surface area contributed by atoms with Gasteiger partial charge in [-0.15, -0.1) is 11.3 Å². The number of carbonyl (C=O) groups excluding carboxylic acids is 2. The van der Waals surface area contributed by atoms with E-state index in [-0.39, 0.29) is 16.9 Å². The van der Waals surface area contributed by atoms with Crippen molar-refractivity contribution in [2.24, 2.45) is 0 Å². The largest absolute Gasteiger partial charge is 0.298 e. The van der Waals surface area contributed by atoms with Crippen molar-refractivity contribution in [1.29, 1.82) is 0 Å². The van der Waals surface area contributed by atoms with Crippen LogP contribution in [0, 0.1) is 0 Å². The molecule has 82 valence electrons. The zero-order valence-electron chi connectivity index (χ0n) is 8.60. The molecule has 0 bridgehead atoms. The Morgan fingerprint density at radius 1 is 1.06 bits per heavy atom. The van der Waals surface area contributed by atoms with Crippen molar-refractivity contribution in [3.05, 3.63) is 56.6 Å². The Bertz CT molecular complexity index is 713. The first-order valence-electron chi connectivity index (χ1n) is 4.99. The SMILES string of the molecule is O=Cc1csc2c(c1=O)C(=O)c1ccccc1-2. The van der Waals surface area contributed by atoms with Gasteiger partial charge in [0.25, 0.3) is 0 Å². The summed E-state index contributed by atoms with van der Waals surface area (Å²) in [5.41, 5.74) is 1.05. The molecule has 0 unspecified atom stereocenters. The van der Waals surface area contributed by atoms with Crippen molar-refractivity contribution in [1.82, 2.24) is 0 Å². The van der Waals surface area contributed by atoms with E-state index in [9.17, 15) is 14.4 Å². The van der Waals surface area contributed by atoms with Crippen LogP contribution >= 0.6 is 11.3 Å². The molecule has 4 heteroatoms. The van der Waals surface area contributed by atoms with Gasteiger partial charge in [0.1, 0.15) is 0 Å². The second-order valence-corrected chi connectivity index (χ2v) is 4.60. The number of hydrogen-bond acceptors (Lipinski definition) is 4. The van der Waals surface area contributed by atoms with Crippen molar-refractivity contribution in [3.63, 3.8) is 0 Å². The molecular formula is C13H6O3S. The molecule has 1 aromatic carbocycles. The average Bonchev–Trinajstić information content (AvgIpc) is 2.65. The average molecular weight is 242 g/mol. The number of hydrogen-bond donors (Lipinski definition) is 0. The Balaban J connectivity index is 2.43. The smallest absolute Gasteiger partial charge is 0.202 e. The van der Waals surface area contributed by atoms with Crippen LogP contribution in [-0.4, -0.2) is 12.1 Å². The number of carbonyl (C=O) groups is 2. The minimum absolute atomic E-state index is 0.0508. The molecule has 1 aliphatic rings. The van der Waals surface area contributed by atoms with Gasteiger partial charge in [0, 0.05) is 16.5 Å². The van der Waals surface area contributed by atoms with E-state index in [4.69, 9.17) is 0 Å². The quantitative estimate of drug-likeness (QED) is 0.614. The van der Waals surface area contributed by atoms with Gasteiger partial charge in [0.05, 0.1) is 16.0 Å². The van der Waals surface area contributed by atoms with Gasteiger partial charge in [0.2, 0.25) is 5.43 Å². The highest BCUT2D eigenvalue weighted by atomic mass is 32.1. The van der Waals surface area contributed by atoms with Gasteiger partial charge in [-0.3, -0.25) is 14.4 Å². The second kappa shape index (κ2) is 3.46. The third kappa shape index (κ3) is 1.24. The van der Waals surface area contributed by atoms with Gasteiger partial charge >= 0.3 is 0 Å². The molecule has 1 heterocycles. The zero-order chi connectivity index (χ0) is 12.0. The summed E-state index contributed by atoms with van der Waals surface area (Å²) >= 11 is 1.26. The maximum atomic E-state index is 12.1. The van der Waals surface area contributed by atoms with Crippen LogP contribution in [-0.2, 0) is 0 Å². The van der Waals surface area contributed by atoms with E-state index in [1.54, 1.807) is 12.1 Å². The van der Waals surface area contributed by atoms with Crippen molar-refractivity contribution >= 4 is 23.4 Å². The number of benzene rings is 1. The molecule has 0 aliphatic heterocycles. The summed E-state index contributed by atoms with van der Waals surface area (Å²) in [5.74, 6) is -0.277. The molecule has 0 saturated heterocycles. The van der Waals surface area contributed by atoms with E-state index in [0.717, 1.165) is 5.56 Å². The zero-order valence-corrected chi connectivity index (χ0v) is 9.41. The number of fused-ring (bicyclic) bond motifs is 3. The van der Waals surface area contributed by atoms with E-state index in [0.29, 0.717) is 16.7 Å². The van der Waals surface area contributed by atoms with Crippen LogP contribution in [0.15, 0.2) is 34.4 Å². The lowest BCUT2D eigenvalue weighted by Crippen LogP contribution is -2.15. The summed E-state index contributed by atoms with van der Waals surface area (Å²) in [4.78, 5) is 35.4. The molecule has 17 heavy (non-hydrogen) atoms. The molecule has 1 aromatic heterocycles. The first kappa shape index (κ1) is 10.1. The molecule has 3 nitrogen and oxygen atoms in total. The summed E-state index contributed by atoms with van der Waals surface area (Å²) in [5, 5.41) is 1.50. The summed E-state index contributed by atoms with van der Waals surface area (Å²) in [6.07, 6.45) is 0.495. The maximum Gasteiger partial charge on any atom is 0.202 e. The van der Waals surface area contributed by atoms with Crippen LogP contribution in [0.2, 0.25) is 0 Å². The topological polar surface area (TPSA) is 51.2 Å². The molecule has 1 aliphatic carbocycles. The molecule has 0 saturated carbocycles. The van der Waals surface area contributed by atoms with Gasteiger partial charge in [-0.1, -0.05) is 24.3 Å². The molecule has 0 radical (unpaired) electrons. The summed E-state index contributed by atoms with van der Waals surface area (Å²) < 4.78 is 0. The number of rotatable bonds is 1. The van der Waals surface area contributed by atoms with Crippen molar-refractivity contribution < 1.29 is 9.59 Å². The monoisotopic (exact) mass is 242 g/mol. The van der Waals surface area contributed by atoms with Crippen molar-refractivity contribution in [2.45, 2.75) is 0 Å². The van der Waals surface area contributed by atoms with Gasteiger partial charge in [-0.25, -0.2) is 0 Å². The van der Waals surface area contributed by atoms with E-state index in [1.165, 1.54) is 16.7 Å². The number of aldehydes is 1. The minimum Gasteiger partial charge on any atom is -0.298 e. The summed E-state index contributed by atoms with van der Waals surface area (Å²) in [6.45, 7) is 0. The predicted octanol–water partition coefficient (Wildman–Crippen LogP) is 2.13. The Labute approximate surface area is 100 Å². The van der Waals surface area contributed by atoms with E-state index in [2.05, 4.69) is 0 Å². The summed E-state index contributed by atoms with van der Waals surface area (Å²) in [6, 6.07) is 7.10. The fraction of sp³-hybridized carbons (Fsp3) is 0. The van der Waals surface area contributed by atoms with Crippen molar-refractivity contribution in [2.75, 3.05) is 0 Å². The Morgan fingerprint density at radius 2 is 1.76 bits per heavy atom. The molecular weight excluding hydrogens is 236 g/mol. The highest BCUT2D eigenvalue weighted by Gasteiger charge is 2.30. The van der Waals surface area contributed by atoms with Crippen LogP contribution in [0.4, 0.5) is 0 Å². The molecule has 0 N–H and O–H groups in total. The van der Waals surface area contributed by atoms with Crippen LogP contribution < -0.4 is 5.43 Å². The van der Waals surface area contributed by atoms with Crippen LogP contribution in [0.25, 0.3) is 10.4 Å². The fourth-order valence-corrected chi connectivity index (χ4v) is 3.00. The fourth-order valence-electron chi connectivity index (χ4n) is 1.98. The first-order valence-corrected chi connectivity index (χ1v) is 5.87. The predicted molar refractivity (Wildman–Crippen MR) is 64.8 cm³/mol. The van der Waals surface area contributed by atoms with E-state index >= 15 is 0 Å². The van der Waals surface area contributed by atoms with Gasteiger partial charge in [-0.05, 0) is 0 Å². The lowest BCUT2D eigenvalue weighted by atomic mass is 10.1. The second-order valence-electron chi connectivity index (χ2n) is 3.72. The van der Waals surface area contributed by atoms with Crippen LogP contribution in [0.3, 0.4) is 0 Å². The maximum absolute atomic E-state index is 12.1. The van der Waals surface area contributed by atoms with Gasteiger partial charge in [-0.2, -0.15) is 0 Å². The third-order valence-corrected chi connectivity index (χ3v) is 3.82. The molecule has 3 rings (SSSR count). The lowest BCUT2D eigenvalue weighted by molar-refractivity contribution is 0.104. The molecule has 0 atom stereocenters. The normalized spacial score (nSPS) is 12.1. The Hall–Kier alpha value is -2.07. The first-order chi connectivity index (χ1) is 8.24. The highest BCUT2D eigenvalue weighted by Crippen LogP contribution is 2.37. The van der Waals surface area contributed by atoms with Crippen LogP contribution in [0.5, 0.6) is 0 Å². The lowest BCUT2D eigenvalue weighted by Gasteiger charge is -1.97. The molecule has 0 fully saturated rings. The number of ketones is 1. The van der Waals surface area contributed by atoms with E-state index < -0.39 is 5.43 Å². The molecule has 0 spiro atoms. The standard InChI is InChI=1S/C13H6O3S/c14-5-7-6-17-13-9-4-2-1-3-8(9)12(16)10(13)11(7)15/h1-6H. The van der Waals surface area contributed by atoms with Crippen LogP contribution in [0.1, 0.15) is 26.3 Å². The molecule has 2 aromatic rings. The summed E-state index contributed by atoms with van der Waals surface area (Å²) in [7, 11) is 0. The minimum atomic E-state index is -0.463. The van der Waals surface area contributed by atoms with Gasteiger partial charge < -0.3 is 0 Å². The third-order valence-electron chi connectivity index (χ3n) is 2.79.